The first-order chi connectivity index (χ1) is 8.20. The molecule has 1 aromatic carbocycles. The van der Waals surface area contributed by atoms with E-state index in [1.807, 2.05) is 0 Å². The van der Waals surface area contributed by atoms with Gasteiger partial charge in [-0.1, -0.05) is 0 Å². The Bertz CT molecular complexity index is 437. The third kappa shape index (κ3) is 2.88. The van der Waals surface area contributed by atoms with Gasteiger partial charge in [0.05, 0.1) is 12.3 Å². The number of benzene rings is 1. The molecule has 2 rings (SSSR count). The highest BCUT2D eigenvalue weighted by Crippen LogP contribution is 2.30. The molecule has 92 valence electrons. The molecule has 3 nitrogen and oxygen atoms in total. The van der Waals surface area contributed by atoms with Crippen molar-refractivity contribution < 1.29 is 13.9 Å². The van der Waals surface area contributed by atoms with Crippen molar-refractivity contribution in [3.8, 4) is 5.75 Å². The molecule has 0 unspecified atom stereocenters. The molecule has 0 aromatic heterocycles. The summed E-state index contributed by atoms with van der Waals surface area (Å²) in [5.41, 5.74) is 1.07. The van der Waals surface area contributed by atoms with E-state index < -0.39 is 5.82 Å². The maximum atomic E-state index is 13.7. The van der Waals surface area contributed by atoms with Gasteiger partial charge in [-0.2, -0.15) is 0 Å². The first kappa shape index (κ1) is 12.2. The fourth-order valence-electron chi connectivity index (χ4n) is 1.75. The van der Waals surface area contributed by atoms with Crippen LogP contribution < -0.4 is 10.1 Å². The number of hydrogen-bond donors (Lipinski definition) is 1. The molecule has 1 heterocycles. The van der Waals surface area contributed by atoms with Gasteiger partial charge in [0.15, 0.2) is 5.82 Å². The van der Waals surface area contributed by atoms with Crippen LogP contribution >= 0.6 is 11.6 Å². The summed E-state index contributed by atoms with van der Waals surface area (Å²) >= 11 is 5.53. The van der Waals surface area contributed by atoms with E-state index >= 15 is 0 Å². The van der Waals surface area contributed by atoms with E-state index in [0.29, 0.717) is 31.1 Å². The summed E-state index contributed by atoms with van der Waals surface area (Å²) in [6.07, 6.45) is 1.65. The van der Waals surface area contributed by atoms with Crippen molar-refractivity contribution in [3.05, 3.63) is 23.5 Å². The lowest BCUT2D eigenvalue weighted by molar-refractivity contribution is -0.116. The molecule has 0 atom stereocenters. The Kier molecular flexibility index (Phi) is 3.84. The van der Waals surface area contributed by atoms with E-state index in [9.17, 15) is 9.18 Å². The summed E-state index contributed by atoms with van der Waals surface area (Å²) in [7, 11) is 0. The van der Waals surface area contributed by atoms with Crippen molar-refractivity contribution in [2.24, 2.45) is 0 Å². The average Bonchev–Trinajstić information content (AvgIpc) is 2.31. The monoisotopic (exact) mass is 257 g/mol. The summed E-state index contributed by atoms with van der Waals surface area (Å²) < 4.78 is 19.1. The predicted molar refractivity (Wildman–Crippen MR) is 64.2 cm³/mol. The van der Waals surface area contributed by atoms with Gasteiger partial charge in [0.1, 0.15) is 5.75 Å². The molecule has 0 spiro atoms. The molecule has 1 aliphatic heterocycles. The van der Waals surface area contributed by atoms with Crippen LogP contribution in [0.3, 0.4) is 0 Å². The van der Waals surface area contributed by atoms with Gasteiger partial charge in [0.25, 0.3) is 0 Å². The molecule has 0 saturated carbocycles. The highest BCUT2D eigenvalue weighted by molar-refractivity contribution is 6.17. The normalized spacial score (nSPS) is 14.1. The fourth-order valence-corrected chi connectivity index (χ4v) is 1.86. The average molecular weight is 258 g/mol. The van der Waals surface area contributed by atoms with Crippen molar-refractivity contribution in [3.63, 3.8) is 0 Å². The van der Waals surface area contributed by atoms with Crippen LogP contribution in [-0.2, 0) is 11.2 Å². The fraction of sp³-hybridized carbons (Fsp3) is 0.417. The van der Waals surface area contributed by atoms with E-state index in [0.717, 1.165) is 12.0 Å². The molecule has 17 heavy (non-hydrogen) atoms. The van der Waals surface area contributed by atoms with Gasteiger partial charge in [-0.3, -0.25) is 4.79 Å². The van der Waals surface area contributed by atoms with Crippen molar-refractivity contribution in [1.82, 2.24) is 0 Å². The van der Waals surface area contributed by atoms with Crippen LogP contribution in [0.5, 0.6) is 5.75 Å². The number of ether oxygens (including phenoxy) is 1. The van der Waals surface area contributed by atoms with Crippen LogP contribution in [0, 0.1) is 5.82 Å². The van der Waals surface area contributed by atoms with Gasteiger partial charge >= 0.3 is 0 Å². The summed E-state index contributed by atoms with van der Waals surface area (Å²) in [5, 5.41) is 2.53. The second-order valence-electron chi connectivity index (χ2n) is 3.88. The summed E-state index contributed by atoms with van der Waals surface area (Å²) in [6, 6.07) is 3.06. The SMILES string of the molecule is O=C1CCc2cc(OCCCCl)cc(F)c2N1. The Morgan fingerprint density at radius 3 is 3.00 bits per heavy atom. The van der Waals surface area contributed by atoms with Crippen LogP contribution in [0.1, 0.15) is 18.4 Å². The number of amides is 1. The molecule has 0 fully saturated rings. The van der Waals surface area contributed by atoms with Gasteiger partial charge in [-0.25, -0.2) is 4.39 Å². The zero-order chi connectivity index (χ0) is 12.3. The molecule has 0 aliphatic carbocycles. The number of fused-ring (bicyclic) bond motifs is 1. The van der Waals surface area contributed by atoms with Crippen molar-refractivity contribution >= 4 is 23.2 Å². The Morgan fingerprint density at radius 2 is 2.24 bits per heavy atom. The smallest absolute Gasteiger partial charge is 0.224 e. The van der Waals surface area contributed by atoms with E-state index in [1.165, 1.54) is 6.07 Å². The van der Waals surface area contributed by atoms with Gasteiger partial charge in [-0.05, 0) is 24.5 Å². The highest BCUT2D eigenvalue weighted by Gasteiger charge is 2.19. The Hall–Kier alpha value is -1.29. The number of alkyl halides is 1. The zero-order valence-electron chi connectivity index (χ0n) is 9.26. The van der Waals surface area contributed by atoms with E-state index in [4.69, 9.17) is 16.3 Å². The lowest BCUT2D eigenvalue weighted by atomic mass is 10.0. The number of hydrogen-bond acceptors (Lipinski definition) is 2. The summed E-state index contributed by atoms with van der Waals surface area (Å²) in [6.45, 7) is 0.466. The number of carbonyl (C=O) groups excluding carboxylic acids is 1. The van der Waals surface area contributed by atoms with Crippen LogP contribution in [0.25, 0.3) is 0 Å². The minimum atomic E-state index is -0.448. The third-order valence-corrected chi connectivity index (χ3v) is 2.85. The number of nitrogens with one attached hydrogen (secondary N) is 1. The molecular weight excluding hydrogens is 245 g/mol. The molecule has 5 heteroatoms. The molecular formula is C12H13ClFNO2. The standard InChI is InChI=1S/C12H13ClFNO2/c13-4-1-5-17-9-6-8-2-3-11(16)15-12(8)10(14)7-9/h6-7H,1-5H2,(H,15,16). The van der Waals surface area contributed by atoms with Crippen molar-refractivity contribution in [1.29, 1.82) is 0 Å². The van der Waals surface area contributed by atoms with Gasteiger partial charge in [-0.15, -0.1) is 11.6 Å². The predicted octanol–water partition coefficient (Wildman–Crippen LogP) is 2.72. The topological polar surface area (TPSA) is 38.3 Å². The molecule has 1 N–H and O–H groups in total. The van der Waals surface area contributed by atoms with Crippen LogP contribution in [0.2, 0.25) is 0 Å². The Balaban J connectivity index is 2.16. The molecule has 1 amide bonds. The van der Waals surface area contributed by atoms with E-state index in [-0.39, 0.29) is 11.6 Å². The Labute approximate surface area is 104 Å². The maximum Gasteiger partial charge on any atom is 0.224 e. The number of carbonyl (C=O) groups is 1. The van der Waals surface area contributed by atoms with Gasteiger partial charge < -0.3 is 10.1 Å². The molecule has 1 aliphatic rings. The van der Waals surface area contributed by atoms with Crippen molar-refractivity contribution in [2.45, 2.75) is 19.3 Å². The Morgan fingerprint density at radius 1 is 1.41 bits per heavy atom. The third-order valence-electron chi connectivity index (χ3n) is 2.58. The van der Waals surface area contributed by atoms with Gasteiger partial charge in [0, 0.05) is 18.4 Å². The molecule has 1 aromatic rings. The van der Waals surface area contributed by atoms with Crippen LogP contribution in [0.4, 0.5) is 10.1 Å². The second-order valence-corrected chi connectivity index (χ2v) is 4.26. The van der Waals surface area contributed by atoms with Gasteiger partial charge in [0.2, 0.25) is 5.91 Å². The first-order valence-electron chi connectivity index (χ1n) is 5.51. The first-order valence-corrected chi connectivity index (χ1v) is 6.05. The maximum absolute atomic E-state index is 13.7. The van der Waals surface area contributed by atoms with Crippen LogP contribution in [-0.4, -0.2) is 18.4 Å². The minimum absolute atomic E-state index is 0.146. The van der Waals surface area contributed by atoms with Crippen molar-refractivity contribution in [2.75, 3.05) is 17.8 Å². The number of halogens is 2. The quantitative estimate of drug-likeness (QED) is 0.665. The van der Waals surface area contributed by atoms with E-state index in [2.05, 4.69) is 5.32 Å². The number of aryl methyl sites for hydroxylation is 1. The second kappa shape index (κ2) is 5.36. The molecule has 0 radical (unpaired) electrons. The largest absolute Gasteiger partial charge is 0.493 e. The number of rotatable bonds is 4. The van der Waals surface area contributed by atoms with E-state index in [1.54, 1.807) is 6.07 Å². The molecule has 0 saturated heterocycles. The minimum Gasteiger partial charge on any atom is -0.493 e. The highest BCUT2D eigenvalue weighted by atomic mass is 35.5. The summed E-state index contributed by atoms with van der Waals surface area (Å²) in [4.78, 5) is 11.2. The molecule has 0 bridgehead atoms. The lowest BCUT2D eigenvalue weighted by Gasteiger charge is -2.18. The lowest BCUT2D eigenvalue weighted by Crippen LogP contribution is -2.20. The zero-order valence-corrected chi connectivity index (χ0v) is 10.0. The summed E-state index contributed by atoms with van der Waals surface area (Å²) in [5.74, 6) is 0.412. The number of anilines is 1. The van der Waals surface area contributed by atoms with Crippen LogP contribution in [0.15, 0.2) is 12.1 Å².